The summed E-state index contributed by atoms with van der Waals surface area (Å²) in [6.45, 7) is 4.62. The van der Waals surface area contributed by atoms with Gasteiger partial charge in [0, 0.05) is 13.1 Å². The number of hydrogen-bond acceptors (Lipinski definition) is 3. The summed E-state index contributed by atoms with van der Waals surface area (Å²) in [6.07, 6.45) is 7.18. The highest BCUT2D eigenvalue weighted by molar-refractivity contribution is 4.66. The van der Waals surface area contributed by atoms with Crippen LogP contribution in [0.3, 0.4) is 0 Å². The normalized spacial score (nSPS) is 26.6. The van der Waals surface area contributed by atoms with Gasteiger partial charge in [0.05, 0.1) is 26.0 Å². The van der Waals surface area contributed by atoms with Gasteiger partial charge in [-0.2, -0.15) is 0 Å². The molecule has 0 radical (unpaired) electrons. The fourth-order valence-corrected chi connectivity index (χ4v) is 2.17. The van der Waals surface area contributed by atoms with Crippen LogP contribution in [0, 0.1) is 0 Å². The summed E-state index contributed by atoms with van der Waals surface area (Å²) in [5, 5.41) is 0. The summed E-state index contributed by atoms with van der Waals surface area (Å²) in [6, 6.07) is 0. The summed E-state index contributed by atoms with van der Waals surface area (Å²) in [4.78, 5) is 2.35. The minimum Gasteiger partial charge on any atom is -0.379 e. The van der Waals surface area contributed by atoms with Gasteiger partial charge in [0.25, 0.3) is 0 Å². The molecule has 1 saturated carbocycles. The molecule has 2 aliphatic rings. The van der Waals surface area contributed by atoms with Gasteiger partial charge in [-0.1, -0.05) is 19.3 Å². The van der Waals surface area contributed by atoms with Gasteiger partial charge in [-0.15, -0.1) is 0 Å². The Morgan fingerprint density at radius 3 is 2.50 bits per heavy atom. The zero-order chi connectivity index (χ0) is 9.64. The van der Waals surface area contributed by atoms with Gasteiger partial charge in [-0.3, -0.25) is 4.90 Å². The Morgan fingerprint density at radius 2 is 1.79 bits per heavy atom. The minimum atomic E-state index is 0.534. The topological polar surface area (TPSA) is 21.7 Å². The zero-order valence-corrected chi connectivity index (χ0v) is 8.91. The van der Waals surface area contributed by atoms with E-state index in [1.54, 1.807) is 0 Å². The number of morpholine rings is 1. The quantitative estimate of drug-likeness (QED) is 0.689. The van der Waals surface area contributed by atoms with Crippen molar-refractivity contribution in [1.82, 2.24) is 4.90 Å². The van der Waals surface area contributed by atoms with E-state index in [0.29, 0.717) is 6.10 Å². The molecular weight excluding hydrogens is 178 g/mol. The lowest BCUT2D eigenvalue weighted by atomic mass is 9.98. The third kappa shape index (κ3) is 3.23. The van der Waals surface area contributed by atoms with Gasteiger partial charge in [-0.05, 0) is 12.8 Å². The second-order valence-corrected chi connectivity index (χ2v) is 4.29. The predicted octanol–water partition coefficient (Wildman–Crippen LogP) is 1.63. The predicted molar refractivity (Wildman–Crippen MR) is 55.2 cm³/mol. The Morgan fingerprint density at radius 1 is 1.07 bits per heavy atom. The lowest BCUT2D eigenvalue weighted by molar-refractivity contribution is -0.0690. The Labute approximate surface area is 86.4 Å². The average molecular weight is 199 g/mol. The Hall–Kier alpha value is -0.120. The molecule has 0 aromatic heterocycles. The van der Waals surface area contributed by atoms with E-state index in [2.05, 4.69) is 4.90 Å². The van der Waals surface area contributed by atoms with Crippen molar-refractivity contribution >= 4 is 0 Å². The molecule has 0 aromatic rings. The van der Waals surface area contributed by atoms with Crippen LogP contribution >= 0.6 is 0 Å². The molecule has 0 bridgehead atoms. The lowest BCUT2D eigenvalue weighted by Gasteiger charge is -2.29. The molecule has 2 rings (SSSR count). The second kappa shape index (κ2) is 5.69. The van der Waals surface area contributed by atoms with E-state index in [-0.39, 0.29) is 0 Å². The maximum atomic E-state index is 5.89. The minimum absolute atomic E-state index is 0.534. The Bertz CT molecular complexity index is 133. The number of hydrogen-bond donors (Lipinski definition) is 0. The van der Waals surface area contributed by atoms with Gasteiger partial charge in [0.1, 0.15) is 0 Å². The third-order valence-corrected chi connectivity index (χ3v) is 3.15. The fourth-order valence-electron chi connectivity index (χ4n) is 2.17. The van der Waals surface area contributed by atoms with Crippen LogP contribution in [0.15, 0.2) is 0 Å². The molecule has 82 valence electrons. The molecule has 1 heterocycles. The molecule has 14 heavy (non-hydrogen) atoms. The van der Waals surface area contributed by atoms with Crippen LogP contribution in [0.5, 0.6) is 0 Å². The summed E-state index contributed by atoms with van der Waals surface area (Å²) >= 11 is 0. The van der Waals surface area contributed by atoms with E-state index in [4.69, 9.17) is 9.47 Å². The standard InChI is InChI=1S/C11H21NO2/c1-2-4-11(5-3-1)14-10-12-6-8-13-9-7-12/h11H,1-10H2. The van der Waals surface area contributed by atoms with Crippen LogP contribution < -0.4 is 0 Å². The summed E-state index contributed by atoms with van der Waals surface area (Å²) in [5.74, 6) is 0. The molecule has 1 saturated heterocycles. The van der Waals surface area contributed by atoms with Crippen LogP contribution in [0.2, 0.25) is 0 Å². The molecule has 3 heteroatoms. The first-order valence-corrected chi connectivity index (χ1v) is 5.87. The fraction of sp³-hybridized carbons (Fsp3) is 1.00. The van der Waals surface area contributed by atoms with E-state index < -0.39 is 0 Å². The van der Waals surface area contributed by atoms with Gasteiger partial charge in [-0.25, -0.2) is 0 Å². The highest BCUT2D eigenvalue weighted by atomic mass is 16.5. The van der Waals surface area contributed by atoms with Crippen molar-refractivity contribution in [3.8, 4) is 0 Å². The van der Waals surface area contributed by atoms with Crippen molar-refractivity contribution in [2.24, 2.45) is 0 Å². The highest BCUT2D eigenvalue weighted by Gasteiger charge is 2.16. The van der Waals surface area contributed by atoms with Crippen LogP contribution in [-0.4, -0.2) is 44.0 Å². The molecule has 1 aliphatic carbocycles. The van der Waals surface area contributed by atoms with Crippen molar-refractivity contribution in [2.45, 2.75) is 38.2 Å². The number of ether oxygens (including phenoxy) is 2. The van der Waals surface area contributed by atoms with Crippen LogP contribution in [0.1, 0.15) is 32.1 Å². The summed E-state index contributed by atoms with van der Waals surface area (Å²) in [5.41, 5.74) is 0. The average Bonchev–Trinajstić information content (AvgIpc) is 2.29. The van der Waals surface area contributed by atoms with Crippen LogP contribution in [0.25, 0.3) is 0 Å². The van der Waals surface area contributed by atoms with Crippen molar-refractivity contribution in [3.63, 3.8) is 0 Å². The molecule has 0 unspecified atom stereocenters. The van der Waals surface area contributed by atoms with Crippen LogP contribution in [-0.2, 0) is 9.47 Å². The van der Waals surface area contributed by atoms with E-state index in [1.165, 1.54) is 32.1 Å². The van der Waals surface area contributed by atoms with Crippen molar-refractivity contribution in [2.75, 3.05) is 33.0 Å². The first kappa shape index (κ1) is 10.4. The SMILES string of the molecule is C1CCC(OCN2CCOCC2)CC1. The molecule has 3 nitrogen and oxygen atoms in total. The van der Waals surface area contributed by atoms with E-state index in [9.17, 15) is 0 Å². The molecule has 0 spiro atoms. The number of nitrogens with zero attached hydrogens (tertiary/aromatic N) is 1. The molecule has 0 aromatic carbocycles. The Balaban J connectivity index is 1.60. The van der Waals surface area contributed by atoms with Gasteiger partial charge < -0.3 is 9.47 Å². The maximum absolute atomic E-state index is 5.89. The van der Waals surface area contributed by atoms with Gasteiger partial charge in [0.2, 0.25) is 0 Å². The maximum Gasteiger partial charge on any atom is 0.0995 e. The molecule has 0 atom stereocenters. The largest absolute Gasteiger partial charge is 0.379 e. The third-order valence-electron chi connectivity index (χ3n) is 3.15. The Kier molecular flexibility index (Phi) is 4.22. The van der Waals surface area contributed by atoms with E-state index >= 15 is 0 Å². The first-order valence-electron chi connectivity index (χ1n) is 5.87. The van der Waals surface area contributed by atoms with Crippen molar-refractivity contribution < 1.29 is 9.47 Å². The molecular formula is C11H21NO2. The lowest BCUT2D eigenvalue weighted by Crippen LogP contribution is -2.39. The molecule has 0 amide bonds. The smallest absolute Gasteiger partial charge is 0.0995 e. The first-order chi connectivity index (χ1) is 6.95. The summed E-state index contributed by atoms with van der Waals surface area (Å²) in [7, 11) is 0. The van der Waals surface area contributed by atoms with Crippen LogP contribution in [0.4, 0.5) is 0 Å². The summed E-state index contributed by atoms with van der Waals surface area (Å²) < 4.78 is 11.2. The molecule has 1 aliphatic heterocycles. The zero-order valence-electron chi connectivity index (χ0n) is 8.91. The highest BCUT2D eigenvalue weighted by Crippen LogP contribution is 2.20. The second-order valence-electron chi connectivity index (χ2n) is 4.29. The van der Waals surface area contributed by atoms with Gasteiger partial charge >= 0.3 is 0 Å². The van der Waals surface area contributed by atoms with Gasteiger partial charge in [0.15, 0.2) is 0 Å². The number of rotatable bonds is 3. The molecule has 0 N–H and O–H groups in total. The monoisotopic (exact) mass is 199 g/mol. The van der Waals surface area contributed by atoms with Crippen molar-refractivity contribution in [1.29, 1.82) is 0 Å². The van der Waals surface area contributed by atoms with E-state index in [1.807, 2.05) is 0 Å². The van der Waals surface area contributed by atoms with Crippen molar-refractivity contribution in [3.05, 3.63) is 0 Å². The van der Waals surface area contributed by atoms with E-state index in [0.717, 1.165) is 33.0 Å². The molecule has 2 fully saturated rings.